The highest BCUT2D eigenvalue weighted by molar-refractivity contribution is 7.81. The summed E-state index contributed by atoms with van der Waals surface area (Å²) in [7, 11) is -9.31. The molecule has 0 aliphatic heterocycles. The average molecular weight is 934 g/mol. The van der Waals surface area contributed by atoms with E-state index < -0.39 is 106 Å². The second kappa shape index (κ2) is 12.7. The van der Waals surface area contributed by atoms with Crippen molar-refractivity contribution in [3.8, 4) is 0 Å². The van der Waals surface area contributed by atoms with E-state index in [0.717, 1.165) is 8.37 Å². The summed E-state index contributed by atoms with van der Waals surface area (Å²) < 4.78 is 470. The third-order valence-corrected chi connectivity index (χ3v) is 6.63. The molecule has 0 aromatic carbocycles. The van der Waals surface area contributed by atoms with Gasteiger partial charge in [-0.1, -0.05) is 0 Å². The predicted molar refractivity (Wildman–Crippen MR) is 92.5 cm³/mol. The van der Waals surface area contributed by atoms with Crippen LogP contribution in [-0.4, -0.2) is 104 Å². The van der Waals surface area contributed by atoms with Crippen LogP contribution in [0.4, 0.5) is 149 Å². The number of halogens is 34. The minimum Gasteiger partial charge on any atom is -0.192 e. The molecule has 55 heavy (non-hydrogen) atoms. The van der Waals surface area contributed by atoms with E-state index in [4.69, 9.17) is 0 Å². The number of hydrogen-bond acceptors (Lipinski definition) is 4. The maximum Gasteiger partial charge on any atom is 0.460 e. The SMILES string of the molecule is O=S(=O)(OC(F)(F)C(F)(F)C(F)(F)C(F)(F)C(F)(F)C(F)(F)C(F)(F)C(F)(F)F)OC(F)(F)C(F)(F)C(F)(F)C(F)(F)C(F)(F)C(F)(F)C(F)(F)C(F)(F)F. The Balaban J connectivity index is 7.18. The standard InChI is InChI=1S/C16F34O4S/c17-1(18,5(25,26)9(33,34)13(41,42)43)3(21,22)7(29,30)11(37,38)15(47,48)53-55(51,52)54-16(49,50)12(39,40)8(31,32)4(23,24)2(19,20)6(27,28)10(35,36)14(44,45)46. The van der Waals surface area contributed by atoms with Gasteiger partial charge < -0.3 is 0 Å². The monoisotopic (exact) mass is 934 g/mol. The van der Waals surface area contributed by atoms with Crippen molar-refractivity contribution < 1.29 is 166 Å². The van der Waals surface area contributed by atoms with Gasteiger partial charge in [0.15, 0.2) is 0 Å². The van der Waals surface area contributed by atoms with Crippen LogP contribution in [0, 0.1) is 0 Å². The number of alkyl halides is 34. The second-order valence-corrected chi connectivity index (χ2v) is 10.6. The largest absolute Gasteiger partial charge is 0.460 e. The summed E-state index contributed by atoms with van der Waals surface area (Å²) in [5.74, 6) is -112. The summed E-state index contributed by atoms with van der Waals surface area (Å²) in [5, 5.41) is 0. The molecule has 0 saturated heterocycles. The topological polar surface area (TPSA) is 52.6 Å². The van der Waals surface area contributed by atoms with Crippen LogP contribution in [0.15, 0.2) is 0 Å². The highest BCUT2D eigenvalue weighted by atomic mass is 32.3. The van der Waals surface area contributed by atoms with Gasteiger partial charge in [-0.15, -0.1) is 0 Å². The molecule has 0 aliphatic carbocycles. The smallest absolute Gasteiger partial charge is 0.192 e. The maximum absolute atomic E-state index is 13.6. The molecule has 0 aliphatic rings. The van der Waals surface area contributed by atoms with Crippen LogP contribution in [0.5, 0.6) is 0 Å². The lowest BCUT2D eigenvalue weighted by molar-refractivity contribution is -0.475. The molecule has 0 radical (unpaired) electrons. The van der Waals surface area contributed by atoms with Gasteiger partial charge in [-0.25, -0.2) is 0 Å². The first-order valence-corrected chi connectivity index (χ1v) is 12.3. The minimum absolute atomic E-state index is 0.979. The molecule has 0 aromatic heterocycles. The zero-order valence-electron chi connectivity index (χ0n) is 22.9. The first kappa shape index (κ1) is 52.5. The number of rotatable bonds is 16. The van der Waals surface area contributed by atoms with Crippen LogP contribution in [-0.2, 0) is 18.8 Å². The Kier molecular flexibility index (Phi) is 12.2. The van der Waals surface area contributed by atoms with Crippen molar-refractivity contribution >= 4 is 10.4 Å². The van der Waals surface area contributed by atoms with Crippen molar-refractivity contribution in [2.75, 3.05) is 0 Å². The summed E-state index contributed by atoms with van der Waals surface area (Å²) in [6.45, 7) is 0. The maximum atomic E-state index is 13.6. The average Bonchev–Trinajstić information content (AvgIpc) is 2.89. The summed E-state index contributed by atoms with van der Waals surface area (Å²) in [4.78, 5) is 0. The summed E-state index contributed by atoms with van der Waals surface area (Å²) in [6, 6.07) is 0. The molecule has 0 spiro atoms. The van der Waals surface area contributed by atoms with Crippen LogP contribution in [0.2, 0.25) is 0 Å². The predicted octanol–water partition coefficient (Wildman–Crippen LogP) is 10.2. The molecule has 0 amide bonds. The highest BCUT2D eigenvalue weighted by Gasteiger charge is 2.98. The molecule has 332 valence electrons. The fourth-order valence-electron chi connectivity index (χ4n) is 2.68. The van der Waals surface area contributed by atoms with Gasteiger partial charge in [0.25, 0.3) is 0 Å². The van der Waals surface area contributed by atoms with Gasteiger partial charge in [0.1, 0.15) is 0 Å². The van der Waals surface area contributed by atoms with Gasteiger partial charge in [0.05, 0.1) is 0 Å². The van der Waals surface area contributed by atoms with Crippen LogP contribution >= 0.6 is 0 Å². The second-order valence-electron chi connectivity index (χ2n) is 9.50. The Morgan fingerprint density at radius 1 is 0.218 bits per heavy atom. The van der Waals surface area contributed by atoms with Crippen molar-refractivity contribution in [2.45, 2.75) is 95.6 Å². The lowest BCUT2D eigenvalue weighted by atomic mass is 9.91. The van der Waals surface area contributed by atoms with Gasteiger partial charge in [0.2, 0.25) is 0 Å². The van der Waals surface area contributed by atoms with Gasteiger partial charge in [-0.2, -0.15) is 166 Å². The quantitative estimate of drug-likeness (QED) is 0.145. The minimum atomic E-state index is -9.61. The normalized spacial score (nSPS) is 17.2. The van der Waals surface area contributed by atoms with Gasteiger partial charge in [-0.3, -0.25) is 0 Å². The Morgan fingerprint density at radius 2 is 0.345 bits per heavy atom. The van der Waals surface area contributed by atoms with E-state index in [9.17, 15) is 158 Å². The fourth-order valence-corrected chi connectivity index (χ4v) is 3.43. The van der Waals surface area contributed by atoms with E-state index in [-0.39, 0.29) is 0 Å². The molecule has 0 N–H and O–H groups in total. The molecule has 39 heteroatoms. The van der Waals surface area contributed by atoms with E-state index in [1.807, 2.05) is 0 Å². The first-order chi connectivity index (χ1) is 22.9. The molecular weight excluding hydrogens is 934 g/mol. The molecule has 0 rings (SSSR count). The molecule has 0 atom stereocenters. The summed E-state index contributed by atoms with van der Waals surface area (Å²) in [5.41, 5.74) is 0. The van der Waals surface area contributed by atoms with Gasteiger partial charge in [-0.05, 0) is 0 Å². The summed E-state index contributed by atoms with van der Waals surface area (Å²) in [6.07, 6.45) is -34.6. The van der Waals surface area contributed by atoms with Crippen LogP contribution in [0.25, 0.3) is 0 Å². The Hall–Kier alpha value is -2.51. The fraction of sp³-hybridized carbons (Fsp3) is 1.00. The summed E-state index contributed by atoms with van der Waals surface area (Å²) >= 11 is 0. The van der Waals surface area contributed by atoms with E-state index in [1.54, 1.807) is 0 Å². The molecular formula is C16F34O4S. The van der Waals surface area contributed by atoms with Gasteiger partial charge in [0, 0.05) is 0 Å². The van der Waals surface area contributed by atoms with Crippen molar-refractivity contribution in [2.24, 2.45) is 0 Å². The van der Waals surface area contributed by atoms with E-state index in [2.05, 4.69) is 0 Å². The van der Waals surface area contributed by atoms with Crippen LogP contribution in [0.3, 0.4) is 0 Å². The van der Waals surface area contributed by atoms with Crippen molar-refractivity contribution in [1.82, 2.24) is 0 Å². The van der Waals surface area contributed by atoms with Crippen LogP contribution in [0.1, 0.15) is 0 Å². The zero-order valence-corrected chi connectivity index (χ0v) is 23.7. The third kappa shape index (κ3) is 6.87. The number of hydrogen-bond donors (Lipinski definition) is 0. The Morgan fingerprint density at radius 3 is 0.491 bits per heavy atom. The Bertz CT molecular complexity index is 1410. The molecule has 4 nitrogen and oxygen atoms in total. The lowest BCUT2D eigenvalue weighted by Crippen LogP contribution is -2.75. The van der Waals surface area contributed by atoms with Crippen molar-refractivity contribution in [3.63, 3.8) is 0 Å². The van der Waals surface area contributed by atoms with E-state index in [1.165, 1.54) is 0 Å². The molecule has 0 heterocycles. The zero-order chi connectivity index (χ0) is 45.9. The van der Waals surface area contributed by atoms with Crippen molar-refractivity contribution in [1.29, 1.82) is 0 Å². The first-order valence-electron chi connectivity index (χ1n) is 11.0. The molecule has 0 bridgehead atoms. The molecule has 0 fully saturated rings. The molecule has 0 unspecified atom stereocenters. The molecule has 0 aromatic rings. The third-order valence-electron chi connectivity index (χ3n) is 5.80. The van der Waals surface area contributed by atoms with Crippen molar-refractivity contribution in [3.05, 3.63) is 0 Å². The van der Waals surface area contributed by atoms with Crippen LogP contribution < -0.4 is 0 Å². The lowest BCUT2D eigenvalue weighted by Gasteiger charge is -2.42. The van der Waals surface area contributed by atoms with Gasteiger partial charge >= 0.3 is 106 Å². The van der Waals surface area contributed by atoms with E-state index in [0.29, 0.717) is 0 Å². The Labute approximate surface area is 273 Å². The van der Waals surface area contributed by atoms with E-state index >= 15 is 0 Å². The molecule has 0 saturated carbocycles. The highest BCUT2D eigenvalue weighted by Crippen LogP contribution is 2.66.